The lowest BCUT2D eigenvalue weighted by Crippen LogP contribution is -2.43. The zero-order valence-electron chi connectivity index (χ0n) is 11.0. The molecule has 1 atom stereocenters. The van der Waals surface area contributed by atoms with Gasteiger partial charge in [-0.2, -0.15) is 5.26 Å². The number of aryl methyl sites for hydroxylation is 1. The Morgan fingerprint density at radius 3 is 2.42 bits per heavy atom. The third-order valence-electron chi connectivity index (χ3n) is 2.85. The van der Waals surface area contributed by atoms with Crippen molar-refractivity contribution in [3.05, 3.63) is 35.4 Å². The highest BCUT2D eigenvalue weighted by molar-refractivity contribution is 5.96. The largest absolute Gasteiger partial charge is 0.480 e. The smallest absolute Gasteiger partial charge is 0.326 e. The van der Waals surface area contributed by atoms with E-state index >= 15 is 0 Å². The van der Waals surface area contributed by atoms with Gasteiger partial charge in [-0.25, -0.2) is 4.79 Å². The molecule has 0 fully saturated rings. The van der Waals surface area contributed by atoms with Crippen LogP contribution in [0.1, 0.15) is 29.3 Å². The van der Waals surface area contributed by atoms with Crippen LogP contribution in [0.25, 0.3) is 0 Å². The highest BCUT2D eigenvalue weighted by Gasteiger charge is 2.25. The molecule has 0 heterocycles. The van der Waals surface area contributed by atoms with Crippen molar-refractivity contribution in [3.8, 4) is 6.07 Å². The van der Waals surface area contributed by atoms with Crippen LogP contribution in [0.3, 0.4) is 0 Å². The second kappa shape index (κ2) is 6.55. The maximum atomic E-state index is 12.3. The molecule has 5 nitrogen and oxygen atoms in total. The van der Waals surface area contributed by atoms with E-state index in [1.54, 1.807) is 24.3 Å². The lowest BCUT2D eigenvalue weighted by molar-refractivity contribution is -0.141. The summed E-state index contributed by atoms with van der Waals surface area (Å²) in [4.78, 5) is 24.5. The van der Waals surface area contributed by atoms with Crippen molar-refractivity contribution < 1.29 is 14.7 Å². The van der Waals surface area contributed by atoms with Gasteiger partial charge in [0.2, 0.25) is 0 Å². The zero-order valence-corrected chi connectivity index (χ0v) is 11.0. The lowest BCUT2D eigenvalue weighted by atomic mass is 10.1. The van der Waals surface area contributed by atoms with Gasteiger partial charge in [-0.15, -0.1) is 0 Å². The minimum Gasteiger partial charge on any atom is -0.480 e. The summed E-state index contributed by atoms with van der Waals surface area (Å²) in [5, 5.41) is 17.6. The number of carbonyl (C=O) groups is 2. The monoisotopic (exact) mass is 260 g/mol. The Hall–Kier alpha value is -2.35. The van der Waals surface area contributed by atoms with E-state index in [1.165, 1.54) is 11.8 Å². The van der Waals surface area contributed by atoms with Gasteiger partial charge < -0.3 is 10.0 Å². The third-order valence-corrected chi connectivity index (χ3v) is 2.85. The lowest BCUT2D eigenvalue weighted by Gasteiger charge is -2.25. The number of carboxylic acid groups (broad SMARTS) is 1. The Kier molecular flexibility index (Phi) is 5.07. The summed E-state index contributed by atoms with van der Waals surface area (Å²) in [6, 6.07) is 7.87. The molecule has 0 aliphatic heterocycles. The van der Waals surface area contributed by atoms with E-state index in [2.05, 4.69) is 0 Å². The molecule has 100 valence electrons. The quantitative estimate of drug-likeness (QED) is 0.875. The highest BCUT2D eigenvalue weighted by atomic mass is 16.4. The van der Waals surface area contributed by atoms with E-state index in [0.29, 0.717) is 5.56 Å². The van der Waals surface area contributed by atoms with Crippen LogP contribution in [0.2, 0.25) is 0 Å². The van der Waals surface area contributed by atoms with Crippen molar-refractivity contribution in [1.82, 2.24) is 4.90 Å². The number of hydrogen-bond donors (Lipinski definition) is 1. The average molecular weight is 260 g/mol. The van der Waals surface area contributed by atoms with Crippen LogP contribution in [0.5, 0.6) is 0 Å². The Bertz CT molecular complexity index is 502. The first kappa shape index (κ1) is 14.7. The standard InChI is InChI=1S/C14H16N2O3/c1-10-4-6-12(7-5-10)13(17)16(9-3-8-15)11(2)14(18)19/h4-7,11H,3,9H2,1-2H3,(H,18,19). The fourth-order valence-corrected chi connectivity index (χ4v) is 1.64. The first-order valence-corrected chi connectivity index (χ1v) is 5.94. The average Bonchev–Trinajstić information content (AvgIpc) is 2.39. The van der Waals surface area contributed by atoms with E-state index in [9.17, 15) is 9.59 Å². The number of rotatable bonds is 5. The minimum atomic E-state index is -1.08. The predicted octanol–water partition coefficient (Wildman–Crippen LogP) is 1.82. The molecule has 1 aromatic rings. The molecule has 0 spiro atoms. The Balaban J connectivity index is 2.97. The minimum absolute atomic E-state index is 0.106. The maximum Gasteiger partial charge on any atom is 0.326 e. The van der Waals surface area contributed by atoms with Gasteiger partial charge in [0.05, 0.1) is 12.5 Å². The van der Waals surface area contributed by atoms with E-state index in [4.69, 9.17) is 10.4 Å². The van der Waals surface area contributed by atoms with Crippen LogP contribution in [0, 0.1) is 18.3 Å². The summed E-state index contributed by atoms with van der Waals surface area (Å²) in [6.07, 6.45) is 0.106. The molecular weight excluding hydrogens is 244 g/mol. The number of carboxylic acids is 1. The molecular formula is C14H16N2O3. The maximum absolute atomic E-state index is 12.3. The first-order chi connectivity index (χ1) is 8.97. The van der Waals surface area contributed by atoms with Gasteiger partial charge in [0.1, 0.15) is 6.04 Å². The fourth-order valence-electron chi connectivity index (χ4n) is 1.64. The Labute approximate surface area is 112 Å². The van der Waals surface area contributed by atoms with Gasteiger partial charge in [-0.3, -0.25) is 4.79 Å². The van der Waals surface area contributed by atoms with Crippen molar-refractivity contribution in [2.24, 2.45) is 0 Å². The van der Waals surface area contributed by atoms with Crippen molar-refractivity contribution in [1.29, 1.82) is 5.26 Å². The first-order valence-electron chi connectivity index (χ1n) is 5.94. The Morgan fingerprint density at radius 2 is 1.95 bits per heavy atom. The Morgan fingerprint density at radius 1 is 1.37 bits per heavy atom. The number of carbonyl (C=O) groups excluding carboxylic acids is 1. The topological polar surface area (TPSA) is 81.4 Å². The fraction of sp³-hybridized carbons (Fsp3) is 0.357. The van der Waals surface area contributed by atoms with E-state index in [1.807, 2.05) is 13.0 Å². The normalized spacial score (nSPS) is 11.4. The van der Waals surface area contributed by atoms with Crippen LogP contribution in [-0.2, 0) is 4.79 Å². The molecule has 0 aliphatic carbocycles. The second-order valence-corrected chi connectivity index (χ2v) is 4.29. The summed E-state index contributed by atoms with van der Waals surface area (Å²) in [7, 11) is 0. The molecule has 19 heavy (non-hydrogen) atoms. The molecule has 1 aromatic carbocycles. The molecule has 5 heteroatoms. The number of nitrogens with zero attached hydrogens (tertiary/aromatic N) is 2. The molecule has 1 amide bonds. The molecule has 1 rings (SSSR count). The molecule has 0 saturated carbocycles. The predicted molar refractivity (Wildman–Crippen MR) is 69.5 cm³/mol. The van der Waals surface area contributed by atoms with Gasteiger partial charge in [-0.1, -0.05) is 17.7 Å². The van der Waals surface area contributed by atoms with Crippen LogP contribution in [0.4, 0.5) is 0 Å². The summed E-state index contributed by atoms with van der Waals surface area (Å²) in [5.41, 5.74) is 1.45. The summed E-state index contributed by atoms with van der Waals surface area (Å²) in [6.45, 7) is 3.45. The van der Waals surface area contributed by atoms with Gasteiger partial charge in [0.25, 0.3) is 5.91 Å². The number of hydrogen-bond acceptors (Lipinski definition) is 3. The highest BCUT2D eigenvalue weighted by Crippen LogP contribution is 2.11. The number of benzene rings is 1. The number of amides is 1. The molecule has 0 radical (unpaired) electrons. The van der Waals surface area contributed by atoms with E-state index in [-0.39, 0.29) is 18.9 Å². The van der Waals surface area contributed by atoms with E-state index in [0.717, 1.165) is 5.56 Å². The summed E-state index contributed by atoms with van der Waals surface area (Å²) < 4.78 is 0. The van der Waals surface area contributed by atoms with Gasteiger partial charge in [-0.05, 0) is 26.0 Å². The molecule has 1 N–H and O–H groups in total. The van der Waals surface area contributed by atoms with Crippen molar-refractivity contribution in [2.45, 2.75) is 26.3 Å². The van der Waals surface area contributed by atoms with Crippen LogP contribution in [-0.4, -0.2) is 34.5 Å². The third kappa shape index (κ3) is 3.81. The second-order valence-electron chi connectivity index (χ2n) is 4.29. The summed E-state index contributed by atoms with van der Waals surface area (Å²) >= 11 is 0. The number of aliphatic carboxylic acids is 1. The molecule has 0 bridgehead atoms. The van der Waals surface area contributed by atoms with E-state index < -0.39 is 12.0 Å². The SMILES string of the molecule is Cc1ccc(C(=O)N(CCC#N)C(C)C(=O)O)cc1. The van der Waals surface area contributed by atoms with Crippen molar-refractivity contribution >= 4 is 11.9 Å². The molecule has 1 unspecified atom stereocenters. The zero-order chi connectivity index (χ0) is 14.4. The summed E-state index contributed by atoms with van der Waals surface area (Å²) in [5.74, 6) is -1.46. The van der Waals surface area contributed by atoms with Gasteiger partial charge in [0, 0.05) is 12.1 Å². The molecule has 0 aliphatic rings. The molecule has 0 aromatic heterocycles. The number of nitriles is 1. The van der Waals surface area contributed by atoms with Crippen LogP contribution in [0.15, 0.2) is 24.3 Å². The van der Waals surface area contributed by atoms with Gasteiger partial charge >= 0.3 is 5.97 Å². The van der Waals surface area contributed by atoms with Crippen molar-refractivity contribution in [3.63, 3.8) is 0 Å². The van der Waals surface area contributed by atoms with Crippen LogP contribution >= 0.6 is 0 Å². The molecule has 0 saturated heterocycles. The van der Waals surface area contributed by atoms with Gasteiger partial charge in [0.15, 0.2) is 0 Å². The van der Waals surface area contributed by atoms with Crippen molar-refractivity contribution in [2.75, 3.05) is 6.54 Å². The van der Waals surface area contributed by atoms with Crippen LogP contribution < -0.4 is 0 Å².